The second-order valence-corrected chi connectivity index (χ2v) is 2.95. The Morgan fingerprint density at radius 1 is 1.57 bits per heavy atom. The first-order valence-electron chi connectivity index (χ1n) is 4.42. The van der Waals surface area contributed by atoms with Crippen LogP contribution in [-0.4, -0.2) is 5.78 Å². The van der Waals surface area contributed by atoms with Gasteiger partial charge in [-0.3, -0.25) is 4.79 Å². The Labute approximate surface area is 82.0 Å². The number of nitriles is 1. The van der Waals surface area contributed by atoms with Crippen LogP contribution >= 0.6 is 0 Å². The zero-order valence-electron chi connectivity index (χ0n) is 7.88. The summed E-state index contributed by atoms with van der Waals surface area (Å²) in [5.74, 6) is -0.949. The number of halogens is 1. The Kier molecular flexibility index (Phi) is 3.35. The van der Waals surface area contributed by atoms with Crippen LogP contribution in [0.3, 0.4) is 0 Å². The second-order valence-electron chi connectivity index (χ2n) is 2.95. The van der Waals surface area contributed by atoms with Gasteiger partial charge in [0.2, 0.25) is 0 Å². The van der Waals surface area contributed by atoms with Crippen LogP contribution in [0.1, 0.15) is 35.7 Å². The number of hydrogen-bond acceptors (Lipinski definition) is 2. The van der Waals surface area contributed by atoms with Crippen LogP contribution in [0, 0.1) is 17.1 Å². The molecule has 0 spiro atoms. The molecule has 0 aliphatic heterocycles. The number of carbonyl (C=O) groups excluding carboxylic acids is 1. The Morgan fingerprint density at radius 3 is 2.86 bits per heavy atom. The molecule has 0 aliphatic carbocycles. The molecule has 2 nitrogen and oxygen atoms in total. The Hall–Kier alpha value is -1.69. The van der Waals surface area contributed by atoms with E-state index < -0.39 is 5.82 Å². The SMILES string of the molecule is CCCC(=O)c1cccc(C#N)c1F. The van der Waals surface area contributed by atoms with E-state index >= 15 is 0 Å². The van der Waals surface area contributed by atoms with E-state index in [0.29, 0.717) is 12.8 Å². The number of benzene rings is 1. The van der Waals surface area contributed by atoms with Crippen molar-refractivity contribution in [2.24, 2.45) is 0 Å². The molecule has 0 aliphatic rings. The molecule has 0 fully saturated rings. The summed E-state index contributed by atoms with van der Waals surface area (Å²) < 4.78 is 13.4. The molecule has 0 N–H and O–H groups in total. The van der Waals surface area contributed by atoms with E-state index in [-0.39, 0.29) is 16.9 Å². The molecule has 1 aromatic rings. The molecule has 0 saturated heterocycles. The van der Waals surface area contributed by atoms with Gasteiger partial charge < -0.3 is 0 Å². The van der Waals surface area contributed by atoms with Crippen molar-refractivity contribution in [2.75, 3.05) is 0 Å². The fourth-order valence-corrected chi connectivity index (χ4v) is 1.20. The van der Waals surface area contributed by atoms with Crippen molar-refractivity contribution in [1.29, 1.82) is 5.26 Å². The van der Waals surface area contributed by atoms with Gasteiger partial charge in [-0.1, -0.05) is 13.0 Å². The average molecular weight is 191 g/mol. The van der Waals surface area contributed by atoms with Crippen molar-refractivity contribution in [2.45, 2.75) is 19.8 Å². The highest BCUT2D eigenvalue weighted by Crippen LogP contribution is 2.14. The number of rotatable bonds is 3. The molecule has 0 bridgehead atoms. The zero-order chi connectivity index (χ0) is 10.6. The fraction of sp³-hybridized carbons (Fsp3) is 0.273. The van der Waals surface area contributed by atoms with Gasteiger partial charge in [-0.2, -0.15) is 5.26 Å². The van der Waals surface area contributed by atoms with E-state index in [1.807, 2.05) is 6.92 Å². The van der Waals surface area contributed by atoms with Crippen molar-refractivity contribution in [3.63, 3.8) is 0 Å². The summed E-state index contributed by atoms with van der Waals surface area (Å²) in [4.78, 5) is 11.4. The van der Waals surface area contributed by atoms with Crippen molar-refractivity contribution < 1.29 is 9.18 Å². The van der Waals surface area contributed by atoms with Gasteiger partial charge in [-0.05, 0) is 18.6 Å². The van der Waals surface area contributed by atoms with Crippen LogP contribution in [0.4, 0.5) is 4.39 Å². The van der Waals surface area contributed by atoms with Crippen molar-refractivity contribution in [1.82, 2.24) is 0 Å². The monoisotopic (exact) mass is 191 g/mol. The highest BCUT2D eigenvalue weighted by atomic mass is 19.1. The maximum absolute atomic E-state index is 13.4. The van der Waals surface area contributed by atoms with E-state index in [1.54, 1.807) is 6.07 Å². The fourth-order valence-electron chi connectivity index (χ4n) is 1.20. The smallest absolute Gasteiger partial charge is 0.165 e. The largest absolute Gasteiger partial charge is 0.294 e. The van der Waals surface area contributed by atoms with E-state index in [1.165, 1.54) is 18.2 Å². The molecular formula is C11H10FNO. The summed E-state index contributed by atoms with van der Waals surface area (Å²) in [6, 6.07) is 5.99. The molecule has 0 aromatic heterocycles. The predicted molar refractivity (Wildman–Crippen MR) is 50.4 cm³/mol. The van der Waals surface area contributed by atoms with Crippen LogP contribution in [0.15, 0.2) is 18.2 Å². The van der Waals surface area contributed by atoms with Crippen LogP contribution in [0.2, 0.25) is 0 Å². The molecule has 72 valence electrons. The minimum Gasteiger partial charge on any atom is -0.294 e. The summed E-state index contributed by atoms with van der Waals surface area (Å²) in [6.07, 6.45) is 0.987. The van der Waals surface area contributed by atoms with Crippen molar-refractivity contribution >= 4 is 5.78 Å². The van der Waals surface area contributed by atoms with Crippen LogP contribution in [0.25, 0.3) is 0 Å². The molecule has 0 atom stereocenters. The highest BCUT2D eigenvalue weighted by Gasteiger charge is 2.13. The Bertz CT molecular complexity index is 393. The molecule has 1 rings (SSSR count). The van der Waals surface area contributed by atoms with Gasteiger partial charge in [-0.25, -0.2) is 4.39 Å². The maximum Gasteiger partial charge on any atom is 0.165 e. The molecule has 0 heterocycles. The van der Waals surface area contributed by atoms with Crippen LogP contribution < -0.4 is 0 Å². The topological polar surface area (TPSA) is 40.9 Å². The number of nitrogens with zero attached hydrogens (tertiary/aromatic N) is 1. The number of Topliss-reactive ketones (excluding diaryl/α,β-unsaturated/α-hetero) is 1. The molecule has 0 amide bonds. The number of carbonyl (C=O) groups is 1. The number of hydrogen-bond donors (Lipinski definition) is 0. The van der Waals surface area contributed by atoms with Crippen molar-refractivity contribution in [3.8, 4) is 6.07 Å². The lowest BCUT2D eigenvalue weighted by Crippen LogP contribution is -2.03. The quantitative estimate of drug-likeness (QED) is 0.689. The molecule has 0 saturated carbocycles. The summed E-state index contributed by atoms with van der Waals surface area (Å²) in [6.45, 7) is 1.85. The normalized spacial score (nSPS) is 9.50. The van der Waals surface area contributed by atoms with Crippen LogP contribution in [-0.2, 0) is 0 Å². The van der Waals surface area contributed by atoms with Gasteiger partial charge in [0.05, 0.1) is 11.1 Å². The standard InChI is InChI=1S/C11H10FNO/c1-2-4-10(14)9-6-3-5-8(7-13)11(9)12/h3,5-6H,2,4H2,1H3. The summed E-state index contributed by atoms with van der Waals surface area (Å²) in [5, 5.41) is 8.55. The third-order valence-corrected chi connectivity index (χ3v) is 1.90. The molecule has 14 heavy (non-hydrogen) atoms. The Morgan fingerprint density at radius 2 is 2.29 bits per heavy atom. The first kappa shape index (κ1) is 10.4. The van der Waals surface area contributed by atoms with Gasteiger partial charge >= 0.3 is 0 Å². The lowest BCUT2D eigenvalue weighted by molar-refractivity contribution is 0.0978. The van der Waals surface area contributed by atoms with Gasteiger partial charge in [0.15, 0.2) is 11.6 Å². The van der Waals surface area contributed by atoms with E-state index in [2.05, 4.69) is 0 Å². The molecule has 0 unspecified atom stereocenters. The first-order valence-corrected chi connectivity index (χ1v) is 4.42. The van der Waals surface area contributed by atoms with Gasteiger partial charge in [0.1, 0.15) is 6.07 Å². The number of ketones is 1. The summed E-state index contributed by atoms with van der Waals surface area (Å²) >= 11 is 0. The first-order chi connectivity index (χ1) is 6.70. The van der Waals surface area contributed by atoms with Gasteiger partial charge in [0, 0.05) is 6.42 Å². The second kappa shape index (κ2) is 4.52. The summed E-state index contributed by atoms with van der Waals surface area (Å²) in [7, 11) is 0. The lowest BCUT2D eigenvalue weighted by atomic mass is 10.0. The Balaban J connectivity index is 3.11. The minimum atomic E-state index is -0.701. The minimum absolute atomic E-state index is 0.0194. The maximum atomic E-state index is 13.4. The third kappa shape index (κ3) is 1.97. The van der Waals surface area contributed by atoms with E-state index in [4.69, 9.17) is 5.26 Å². The molecule has 0 radical (unpaired) electrons. The van der Waals surface area contributed by atoms with Crippen molar-refractivity contribution in [3.05, 3.63) is 35.1 Å². The van der Waals surface area contributed by atoms with E-state index in [0.717, 1.165) is 0 Å². The van der Waals surface area contributed by atoms with Gasteiger partial charge in [-0.15, -0.1) is 0 Å². The predicted octanol–water partition coefficient (Wildman–Crippen LogP) is 2.68. The third-order valence-electron chi connectivity index (χ3n) is 1.90. The van der Waals surface area contributed by atoms with Crippen LogP contribution in [0.5, 0.6) is 0 Å². The lowest BCUT2D eigenvalue weighted by Gasteiger charge is -2.01. The zero-order valence-corrected chi connectivity index (χ0v) is 7.88. The highest BCUT2D eigenvalue weighted by molar-refractivity contribution is 5.96. The molecular weight excluding hydrogens is 181 g/mol. The average Bonchev–Trinajstić information content (AvgIpc) is 2.18. The van der Waals surface area contributed by atoms with E-state index in [9.17, 15) is 9.18 Å². The molecule has 3 heteroatoms. The summed E-state index contributed by atoms with van der Waals surface area (Å²) in [5.41, 5.74) is -0.0575. The van der Waals surface area contributed by atoms with Gasteiger partial charge in [0.25, 0.3) is 0 Å². The molecule has 1 aromatic carbocycles.